The number of halogens is 1. The quantitative estimate of drug-likeness (QED) is 0.849. The Hall–Kier alpha value is -0.280. The zero-order chi connectivity index (χ0) is 13.3. The molecule has 0 aromatic carbocycles. The first-order chi connectivity index (χ1) is 8.45. The lowest BCUT2D eigenvalue weighted by molar-refractivity contribution is -0.139. The molecule has 19 heavy (non-hydrogen) atoms. The molecular weight excluding hydrogens is 260 g/mol. The Morgan fingerprint density at radius 3 is 2.47 bits per heavy atom. The van der Waals surface area contributed by atoms with E-state index < -0.39 is 0 Å². The second kappa shape index (κ2) is 6.45. The summed E-state index contributed by atoms with van der Waals surface area (Å²) in [6.07, 6.45) is 5.68. The lowest BCUT2D eigenvalue weighted by Crippen LogP contribution is -2.46. The summed E-state index contributed by atoms with van der Waals surface area (Å²) in [5.74, 6) is 1.03. The van der Waals surface area contributed by atoms with Gasteiger partial charge in [-0.25, -0.2) is 0 Å². The largest absolute Gasteiger partial charge is 0.339 e. The van der Waals surface area contributed by atoms with Crippen LogP contribution in [0, 0.1) is 17.3 Å². The van der Waals surface area contributed by atoms with Crippen LogP contribution in [0.1, 0.15) is 52.9 Å². The van der Waals surface area contributed by atoms with Gasteiger partial charge in [-0.05, 0) is 43.6 Å². The van der Waals surface area contributed by atoms with Crippen molar-refractivity contribution in [2.75, 3.05) is 13.1 Å². The molecule has 0 spiro atoms. The second-order valence-electron chi connectivity index (χ2n) is 7.09. The molecule has 1 aliphatic carbocycles. The summed E-state index contributed by atoms with van der Waals surface area (Å²) in [6.45, 7) is 8.37. The Kier molecular flexibility index (Phi) is 5.69. The van der Waals surface area contributed by atoms with Gasteiger partial charge < -0.3 is 10.6 Å². The molecule has 2 N–H and O–H groups in total. The molecule has 0 bridgehead atoms. The molecule has 2 fully saturated rings. The first-order valence-corrected chi connectivity index (χ1v) is 7.45. The van der Waals surface area contributed by atoms with Crippen LogP contribution in [0.4, 0.5) is 0 Å². The van der Waals surface area contributed by atoms with Crippen molar-refractivity contribution in [2.24, 2.45) is 23.0 Å². The molecule has 112 valence electrons. The third-order valence-electron chi connectivity index (χ3n) is 4.81. The zero-order valence-electron chi connectivity index (χ0n) is 12.5. The SMILES string of the molecule is CC(C)(C)C1CCCN1C(=O)[C@@H]1CCC[C@@H]1CN.Cl. The van der Waals surface area contributed by atoms with E-state index in [0.717, 1.165) is 32.2 Å². The highest BCUT2D eigenvalue weighted by Crippen LogP contribution is 2.38. The molecule has 0 radical (unpaired) electrons. The first-order valence-electron chi connectivity index (χ1n) is 7.45. The van der Waals surface area contributed by atoms with Crippen LogP contribution in [0.25, 0.3) is 0 Å². The second-order valence-corrected chi connectivity index (χ2v) is 7.09. The third-order valence-corrected chi connectivity index (χ3v) is 4.81. The van der Waals surface area contributed by atoms with E-state index in [1.165, 1.54) is 6.42 Å². The molecule has 1 heterocycles. The smallest absolute Gasteiger partial charge is 0.226 e. The Balaban J connectivity index is 0.00000180. The highest BCUT2D eigenvalue weighted by molar-refractivity contribution is 5.85. The Morgan fingerprint density at radius 1 is 1.21 bits per heavy atom. The van der Waals surface area contributed by atoms with Gasteiger partial charge >= 0.3 is 0 Å². The predicted molar refractivity (Wildman–Crippen MR) is 81.3 cm³/mol. The van der Waals surface area contributed by atoms with E-state index in [1.807, 2.05) is 0 Å². The molecule has 1 saturated heterocycles. The average molecular weight is 289 g/mol. The van der Waals surface area contributed by atoms with Gasteiger partial charge in [0.1, 0.15) is 0 Å². The van der Waals surface area contributed by atoms with E-state index in [2.05, 4.69) is 25.7 Å². The van der Waals surface area contributed by atoms with Gasteiger partial charge in [-0.1, -0.05) is 27.2 Å². The van der Waals surface area contributed by atoms with E-state index in [-0.39, 0.29) is 23.7 Å². The van der Waals surface area contributed by atoms with Crippen molar-refractivity contribution in [2.45, 2.75) is 58.9 Å². The molecule has 1 saturated carbocycles. The van der Waals surface area contributed by atoms with E-state index in [1.54, 1.807) is 0 Å². The maximum Gasteiger partial charge on any atom is 0.226 e. The van der Waals surface area contributed by atoms with Gasteiger partial charge in [0.15, 0.2) is 0 Å². The standard InChI is InChI=1S/C15H28N2O.ClH/c1-15(2,3)13-8-5-9-17(13)14(18)12-7-4-6-11(12)10-16;/h11-13H,4-10,16H2,1-3H3;1H/t11-,12-,13?;/m1./s1. The molecule has 2 aliphatic rings. The zero-order valence-corrected chi connectivity index (χ0v) is 13.3. The summed E-state index contributed by atoms with van der Waals surface area (Å²) in [5.41, 5.74) is 6.01. The van der Waals surface area contributed by atoms with Crippen molar-refractivity contribution in [1.82, 2.24) is 4.90 Å². The van der Waals surface area contributed by atoms with Crippen molar-refractivity contribution >= 4 is 18.3 Å². The maximum absolute atomic E-state index is 12.7. The maximum atomic E-state index is 12.7. The lowest BCUT2D eigenvalue weighted by Gasteiger charge is -2.37. The number of carbonyl (C=O) groups is 1. The van der Waals surface area contributed by atoms with Crippen molar-refractivity contribution < 1.29 is 4.79 Å². The number of rotatable bonds is 2. The van der Waals surface area contributed by atoms with Crippen LogP contribution in [0.15, 0.2) is 0 Å². The molecule has 0 aromatic heterocycles. The van der Waals surface area contributed by atoms with Crippen LogP contribution >= 0.6 is 12.4 Å². The number of hydrogen-bond donors (Lipinski definition) is 1. The highest BCUT2D eigenvalue weighted by Gasteiger charge is 2.42. The highest BCUT2D eigenvalue weighted by atomic mass is 35.5. The van der Waals surface area contributed by atoms with Gasteiger partial charge in [0.25, 0.3) is 0 Å². The topological polar surface area (TPSA) is 46.3 Å². The molecule has 4 heteroatoms. The number of amides is 1. The van der Waals surface area contributed by atoms with Crippen LogP contribution in [0.2, 0.25) is 0 Å². The number of carbonyl (C=O) groups excluding carboxylic acids is 1. The fourth-order valence-corrected chi connectivity index (χ4v) is 3.79. The number of nitrogens with two attached hydrogens (primary N) is 1. The van der Waals surface area contributed by atoms with Gasteiger partial charge in [0, 0.05) is 18.5 Å². The van der Waals surface area contributed by atoms with Gasteiger partial charge in [0.05, 0.1) is 0 Å². The molecule has 1 unspecified atom stereocenters. The number of hydrogen-bond acceptors (Lipinski definition) is 2. The summed E-state index contributed by atoms with van der Waals surface area (Å²) < 4.78 is 0. The average Bonchev–Trinajstić information content (AvgIpc) is 2.95. The fourth-order valence-electron chi connectivity index (χ4n) is 3.79. The van der Waals surface area contributed by atoms with E-state index in [0.29, 0.717) is 24.4 Å². The number of nitrogens with zero attached hydrogens (tertiary/aromatic N) is 1. The molecule has 3 nitrogen and oxygen atoms in total. The minimum atomic E-state index is 0. The van der Waals surface area contributed by atoms with Crippen molar-refractivity contribution in [3.63, 3.8) is 0 Å². The van der Waals surface area contributed by atoms with Gasteiger partial charge in [-0.2, -0.15) is 0 Å². The van der Waals surface area contributed by atoms with Crippen molar-refractivity contribution in [3.05, 3.63) is 0 Å². The number of likely N-dealkylation sites (tertiary alicyclic amines) is 1. The summed E-state index contributed by atoms with van der Waals surface area (Å²) in [5, 5.41) is 0. The normalized spacial score (nSPS) is 31.4. The summed E-state index contributed by atoms with van der Waals surface area (Å²) in [7, 11) is 0. The van der Waals surface area contributed by atoms with Gasteiger partial charge in [0.2, 0.25) is 5.91 Å². The van der Waals surface area contributed by atoms with Crippen LogP contribution in [-0.2, 0) is 4.79 Å². The fraction of sp³-hybridized carbons (Fsp3) is 0.933. The van der Waals surface area contributed by atoms with Crippen molar-refractivity contribution in [3.8, 4) is 0 Å². The Bertz CT molecular complexity index is 314. The molecule has 2 rings (SSSR count). The van der Waals surface area contributed by atoms with Gasteiger partial charge in [-0.15, -0.1) is 12.4 Å². The van der Waals surface area contributed by atoms with E-state index >= 15 is 0 Å². The third kappa shape index (κ3) is 3.43. The van der Waals surface area contributed by atoms with Crippen LogP contribution in [0.5, 0.6) is 0 Å². The molecular formula is C15H29ClN2O. The molecule has 1 amide bonds. The molecule has 1 aliphatic heterocycles. The van der Waals surface area contributed by atoms with E-state index in [4.69, 9.17) is 5.73 Å². The van der Waals surface area contributed by atoms with Crippen LogP contribution in [-0.4, -0.2) is 29.9 Å². The van der Waals surface area contributed by atoms with Crippen LogP contribution in [0.3, 0.4) is 0 Å². The van der Waals surface area contributed by atoms with Crippen molar-refractivity contribution in [1.29, 1.82) is 0 Å². The van der Waals surface area contributed by atoms with Crippen LogP contribution < -0.4 is 5.73 Å². The minimum absolute atomic E-state index is 0. The summed E-state index contributed by atoms with van der Waals surface area (Å²) >= 11 is 0. The monoisotopic (exact) mass is 288 g/mol. The summed E-state index contributed by atoms with van der Waals surface area (Å²) in [6, 6.07) is 0.420. The van der Waals surface area contributed by atoms with E-state index in [9.17, 15) is 4.79 Å². The predicted octanol–water partition coefficient (Wildman–Crippen LogP) is 2.82. The van der Waals surface area contributed by atoms with Gasteiger partial charge in [-0.3, -0.25) is 4.79 Å². The summed E-state index contributed by atoms with van der Waals surface area (Å²) in [4.78, 5) is 14.9. The minimum Gasteiger partial charge on any atom is -0.339 e. The lowest BCUT2D eigenvalue weighted by atomic mass is 9.84. The molecule has 0 aromatic rings. The molecule has 3 atom stereocenters. The Morgan fingerprint density at radius 2 is 1.89 bits per heavy atom. The first kappa shape index (κ1) is 16.8. The Labute approximate surface area is 123 Å².